The van der Waals surface area contributed by atoms with Crippen molar-refractivity contribution in [2.75, 3.05) is 46.2 Å². The standard InChI is InChI=1S/C39H48O2.C32H33FO.C31H37FO2.C30H34F2O/c1-4-33-30-39(41-27-14-9-7-6-8-13-26-40-28-25-32-15-11-10-12-16-32)34(5-2)29-38(33)37-23-21-36(22-24-37)35-19-17-31(3)18-20-35;1-4-25-21-28(30-16-13-23(3)20-31(30)33)14-17-29(25)27-15-18-32(26(5-2)22-27)34-19-9-12-24-10-7-6-8-11-24;1-4-23-19-25(26-12-11-22(3)30(32)21-26)13-15-29(23)27-14-16-31(24(5-2)20-27)34-18-17-33-28-9-7-6-8-10-28;1-4-23-17-25(13-14-29(23)33-15-5-6-22-10-7-21(3)16-22)26-18-27(31)30(28(32)19-26)24-11-8-20(2)9-12-24/h10-12,15-24,29-30H,4-9,13-14,25-28H2,1-3H3;6-8,10-11,13-18,20-22H,4-5,9,12,19H2,1-3H3;11-16,19-21,28H,4-10,17-18H2,1-3H3;7,10,13-14,16-20,24H,3-6,8-9,11-12,15H2,1-2H3. The van der Waals surface area contributed by atoms with Crippen LogP contribution in [0.4, 0.5) is 17.6 Å². The van der Waals surface area contributed by atoms with Gasteiger partial charge in [-0.25, -0.2) is 17.6 Å². The summed E-state index contributed by atoms with van der Waals surface area (Å²) in [6.07, 6.45) is 35.3. The average molecular weight is 1910 g/mol. The topological polar surface area (TPSA) is 55.4 Å². The van der Waals surface area contributed by atoms with Gasteiger partial charge < -0.3 is 28.4 Å². The van der Waals surface area contributed by atoms with Crippen molar-refractivity contribution in [3.63, 3.8) is 0 Å². The molecule has 0 N–H and O–H groups in total. The SMILES string of the molecule is C=C1C=CC(CCCOc2ccc(-c3cc(F)c(C4CCC(C)CC4)c(F)c3)cc2CC)=C1.CCc1cc(-c2ccc(-c3ccc(C)c(F)c3)cc2CC)ccc1OCCOC1CCCCC1.CCc1cc(-c2ccc(-c3ccc(C)cc3)cc2)c(CC)cc1OCCCCCCCCOCCc1ccccc1.CCc1cc(-c2ccc(-c3ccc(C)cc3F)cc2CC)ccc1OCCCc1ccccc1. The molecule has 13 aromatic carbocycles. The first-order chi connectivity index (χ1) is 69.3. The summed E-state index contributed by atoms with van der Waals surface area (Å²) in [6, 6.07) is 89.0. The second kappa shape index (κ2) is 56.1. The molecule has 10 heteroatoms. The molecule has 0 heterocycles. The molecule has 0 aliphatic heterocycles. The van der Waals surface area contributed by atoms with Crippen LogP contribution in [0.1, 0.15) is 249 Å². The van der Waals surface area contributed by atoms with Crippen molar-refractivity contribution < 1.29 is 46.0 Å². The highest BCUT2D eigenvalue weighted by Crippen LogP contribution is 2.43. The van der Waals surface area contributed by atoms with Crippen molar-refractivity contribution in [2.24, 2.45) is 5.92 Å². The van der Waals surface area contributed by atoms with Gasteiger partial charge >= 0.3 is 0 Å². The van der Waals surface area contributed by atoms with Gasteiger partial charge in [-0.2, -0.15) is 0 Å². The minimum Gasteiger partial charge on any atom is -0.493 e. The molecule has 142 heavy (non-hydrogen) atoms. The maximum atomic E-state index is 15.0. The summed E-state index contributed by atoms with van der Waals surface area (Å²) in [4.78, 5) is 0. The third-order valence-electron chi connectivity index (χ3n) is 28.3. The molecule has 6 nitrogen and oxygen atoms in total. The summed E-state index contributed by atoms with van der Waals surface area (Å²) in [5.41, 5.74) is 31.7. The van der Waals surface area contributed by atoms with Crippen LogP contribution >= 0.6 is 0 Å². The molecular formula is C132H152F4O6. The van der Waals surface area contributed by atoms with Gasteiger partial charge in [-0.3, -0.25) is 0 Å². The van der Waals surface area contributed by atoms with Gasteiger partial charge in [0.25, 0.3) is 0 Å². The third kappa shape index (κ3) is 31.5. The lowest BCUT2D eigenvalue weighted by Gasteiger charge is -2.27. The van der Waals surface area contributed by atoms with E-state index in [2.05, 4.69) is 263 Å². The second-order valence-corrected chi connectivity index (χ2v) is 38.8. The van der Waals surface area contributed by atoms with Crippen LogP contribution in [0.15, 0.2) is 297 Å². The summed E-state index contributed by atoms with van der Waals surface area (Å²) in [6.45, 7) is 32.2. The second-order valence-electron chi connectivity index (χ2n) is 38.8. The number of ether oxygens (including phenoxy) is 6. The zero-order valence-corrected chi connectivity index (χ0v) is 86.5. The highest BCUT2D eigenvalue weighted by Gasteiger charge is 2.27. The summed E-state index contributed by atoms with van der Waals surface area (Å²) < 4.78 is 95.1. The molecule has 0 unspecified atom stereocenters. The van der Waals surface area contributed by atoms with E-state index in [1.165, 1.54) is 170 Å². The number of halogens is 4. The van der Waals surface area contributed by atoms with Crippen molar-refractivity contribution in [3.8, 4) is 101 Å². The van der Waals surface area contributed by atoms with E-state index in [4.69, 9.17) is 28.4 Å². The van der Waals surface area contributed by atoms with E-state index in [0.29, 0.717) is 55.1 Å². The van der Waals surface area contributed by atoms with Gasteiger partial charge in [-0.1, -0.05) is 332 Å². The molecule has 3 aliphatic rings. The fourth-order valence-corrected chi connectivity index (χ4v) is 19.7. The van der Waals surface area contributed by atoms with Gasteiger partial charge in [0.1, 0.15) is 52.9 Å². The van der Waals surface area contributed by atoms with Crippen molar-refractivity contribution >= 4 is 0 Å². The monoisotopic (exact) mass is 1910 g/mol. The number of benzene rings is 13. The Bertz CT molecular complexity index is 6190. The highest BCUT2D eigenvalue weighted by molar-refractivity contribution is 5.78. The van der Waals surface area contributed by atoms with E-state index in [9.17, 15) is 8.78 Å². The number of hydrogen-bond donors (Lipinski definition) is 0. The Kier molecular flexibility index (Phi) is 42.4. The largest absolute Gasteiger partial charge is 0.493 e. The lowest BCUT2D eigenvalue weighted by atomic mass is 9.79. The van der Waals surface area contributed by atoms with Crippen LogP contribution in [-0.4, -0.2) is 52.4 Å². The Morgan fingerprint density at radius 3 is 1.30 bits per heavy atom. The van der Waals surface area contributed by atoms with E-state index in [0.717, 1.165) is 197 Å². The molecule has 2 fully saturated rings. The van der Waals surface area contributed by atoms with Crippen molar-refractivity contribution in [2.45, 2.75) is 262 Å². The molecule has 3 aliphatic carbocycles. The lowest BCUT2D eigenvalue weighted by Crippen LogP contribution is -2.20. The quantitative estimate of drug-likeness (QED) is 0.0280. The lowest BCUT2D eigenvalue weighted by molar-refractivity contribution is 0.0128. The summed E-state index contributed by atoms with van der Waals surface area (Å²) in [5, 5.41) is 0. The Morgan fingerprint density at radius 2 is 0.725 bits per heavy atom. The molecule has 0 saturated heterocycles. The number of unbranched alkanes of at least 4 members (excludes halogenated alkanes) is 5. The molecular weight excluding hydrogens is 1760 g/mol. The van der Waals surface area contributed by atoms with Crippen LogP contribution in [-0.2, 0) is 67.3 Å². The number of hydrogen-bond acceptors (Lipinski definition) is 6. The molecule has 13 aromatic rings. The van der Waals surface area contributed by atoms with E-state index in [-0.39, 0.29) is 23.1 Å². The molecule has 0 bridgehead atoms. The molecule has 744 valence electrons. The van der Waals surface area contributed by atoms with Crippen molar-refractivity contribution in [3.05, 3.63) is 392 Å². The molecule has 0 spiro atoms. The van der Waals surface area contributed by atoms with Crippen LogP contribution in [0.2, 0.25) is 0 Å². The first kappa shape index (κ1) is 107. The molecule has 0 radical (unpaired) electrons. The average Bonchev–Trinajstić information content (AvgIpc) is 0.871. The van der Waals surface area contributed by atoms with E-state index < -0.39 is 11.6 Å². The smallest absolute Gasteiger partial charge is 0.131 e. The number of allylic oxidation sites excluding steroid dienone is 5. The van der Waals surface area contributed by atoms with Gasteiger partial charge in [-0.15, -0.1) is 0 Å². The molecule has 16 rings (SSSR count). The normalized spacial score (nSPS) is 14.0. The maximum absolute atomic E-state index is 15.0. The third-order valence-corrected chi connectivity index (χ3v) is 28.3. The summed E-state index contributed by atoms with van der Waals surface area (Å²) in [5.74, 6) is 3.30. The molecule has 0 aromatic heterocycles. The fourth-order valence-electron chi connectivity index (χ4n) is 19.7. The fraction of sp³-hybridized carbons (Fsp3) is 0.364. The van der Waals surface area contributed by atoms with Crippen LogP contribution in [0.3, 0.4) is 0 Å². The van der Waals surface area contributed by atoms with Gasteiger partial charge in [0.05, 0.1) is 39.1 Å². The van der Waals surface area contributed by atoms with E-state index >= 15 is 8.78 Å². The van der Waals surface area contributed by atoms with Crippen molar-refractivity contribution in [1.82, 2.24) is 0 Å². The minimum absolute atomic E-state index is 0.00853. The van der Waals surface area contributed by atoms with Crippen LogP contribution in [0.5, 0.6) is 23.0 Å². The first-order valence-electron chi connectivity index (χ1n) is 53.2. The minimum atomic E-state index is -0.416. The van der Waals surface area contributed by atoms with Gasteiger partial charge in [0.15, 0.2) is 0 Å². The van der Waals surface area contributed by atoms with Gasteiger partial charge in [-0.05, 0) is 366 Å². The van der Waals surface area contributed by atoms with Crippen molar-refractivity contribution in [1.29, 1.82) is 0 Å². The molecule has 2 saturated carbocycles. The summed E-state index contributed by atoms with van der Waals surface area (Å²) >= 11 is 0. The summed E-state index contributed by atoms with van der Waals surface area (Å²) in [7, 11) is 0. The van der Waals surface area contributed by atoms with E-state index in [1.54, 1.807) is 19.1 Å². The predicted octanol–water partition coefficient (Wildman–Crippen LogP) is 36.1. The van der Waals surface area contributed by atoms with Crippen LogP contribution < -0.4 is 18.9 Å². The number of rotatable bonds is 43. The Hall–Kier alpha value is -12.1. The van der Waals surface area contributed by atoms with Crippen LogP contribution in [0.25, 0.3) is 77.9 Å². The Balaban J connectivity index is 0.000000160. The van der Waals surface area contributed by atoms with Gasteiger partial charge in [0.2, 0.25) is 0 Å². The zero-order valence-electron chi connectivity index (χ0n) is 86.5. The number of aryl methyl sites for hydroxylation is 11. The van der Waals surface area contributed by atoms with Crippen LogP contribution in [0, 0.1) is 50.0 Å². The zero-order chi connectivity index (χ0) is 99.9. The Morgan fingerprint density at radius 1 is 0.296 bits per heavy atom. The molecule has 0 atom stereocenters. The maximum Gasteiger partial charge on any atom is 0.131 e. The first-order valence-corrected chi connectivity index (χ1v) is 53.2. The predicted molar refractivity (Wildman–Crippen MR) is 588 cm³/mol. The molecule has 0 amide bonds. The van der Waals surface area contributed by atoms with E-state index in [1.807, 2.05) is 67.6 Å². The Labute approximate surface area is 847 Å². The highest BCUT2D eigenvalue weighted by atomic mass is 19.1. The van der Waals surface area contributed by atoms with Gasteiger partial charge in [0, 0.05) is 17.7 Å².